The van der Waals surface area contributed by atoms with Gasteiger partial charge >= 0.3 is 0 Å². The summed E-state index contributed by atoms with van der Waals surface area (Å²) < 4.78 is 15.4. The number of rotatable bonds is 2. The van der Waals surface area contributed by atoms with Gasteiger partial charge < -0.3 is 9.47 Å². The maximum absolute atomic E-state index is 13.6. The Hall–Kier alpha value is -3.09. The fraction of sp³-hybridized carbons (Fsp3) is 0.263. The monoisotopic (exact) mass is 351 g/mol. The third-order valence-electron chi connectivity index (χ3n) is 4.78. The summed E-state index contributed by atoms with van der Waals surface area (Å²) in [6, 6.07) is 6.58. The van der Waals surface area contributed by atoms with E-state index in [-0.39, 0.29) is 11.7 Å². The van der Waals surface area contributed by atoms with Crippen LogP contribution in [0.1, 0.15) is 27.0 Å². The van der Waals surface area contributed by atoms with Crippen molar-refractivity contribution in [2.45, 2.75) is 19.9 Å². The van der Waals surface area contributed by atoms with E-state index >= 15 is 0 Å². The summed E-state index contributed by atoms with van der Waals surface area (Å²) in [6.45, 7) is 2.89. The molecule has 3 heterocycles. The number of aromatic nitrogens is 4. The molecule has 6 nitrogen and oxygen atoms in total. The summed E-state index contributed by atoms with van der Waals surface area (Å²) in [5.74, 6) is 0.216. The smallest absolute Gasteiger partial charge is 0.256 e. The van der Waals surface area contributed by atoms with Gasteiger partial charge in [-0.2, -0.15) is 0 Å². The average Bonchev–Trinajstić information content (AvgIpc) is 3.06. The van der Waals surface area contributed by atoms with Crippen LogP contribution >= 0.6 is 0 Å². The lowest BCUT2D eigenvalue weighted by atomic mass is 9.94. The van der Waals surface area contributed by atoms with Gasteiger partial charge in [-0.3, -0.25) is 9.78 Å². The van der Waals surface area contributed by atoms with Crippen molar-refractivity contribution in [2.24, 2.45) is 7.05 Å². The van der Waals surface area contributed by atoms with Crippen molar-refractivity contribution >= 4 is 5.91 Å². The van der Waals surface area contributed by atoms with Crippen LogP contribution in [0.2, 0.25) is 0 Å². The van der Waals surface area contributed by atoms with E-state index in [0.29, 0.717) is 36.6 Å². The predicted molar refractivity (Wildman–Crippen MR) is 93.8 cm³/mol. The molecule has 1 amide bonds. The molecule has 1 aliphatic heterocycles. The van der Waals surface area contributed by atoms with Gasteiger partial charge in [-0.1, -0.05) is 0 Å². The van der Waals surface area contributed by atoms with E-state index < -0.39 is 0 Å². The Morgan fingerprint density at radius 2 is 2.15 bits per heavy atom. The van der Waals surface area contributed by atoms with Crippen LogP contribution in [-0.4, -0.2) is 37.1 Å². The molecule has 2 aromatic heterocycles. The molecular weight excluding hydrogens is 333 g/mol. The van der Waals surface area contributed by atoms with E-state index in [1.807, 2.05) is 14.0 Å². The largest absolute Gasteiger partial charge is 0.334 e. The number of halogens is 1. The number of amides is 1. The molecule has 4 rings (SSSR count). The van der Waals surface area contributed by atoms with Crippen molar-refractivity contribution < 1.29 is 9.18 Å². The fourth-order valence-corrected chi connectivity index (χ4v) is 3.41. The Morgan fingerprint density at radius 1 is 1.31 bits per heavy atom. The summed E-state index contributed by atoms with van der Waals surface area (Å²) in [4.78, 5) is 19.3. The molecule has 26 heavy (non-hydrogen) atoms. The number of benzene rings is 1. The molecule has 0 aliphatic carbocycles. The number of nitrogens with zero attached hydrogens (tertiary/aromatic N) is 5. The molecule has 7 heteroatoms. The first-order valence-electron chi connectivity index (χ1n) is 8.41. The molecule has 0 bridgehead atoms. The van der Waals surface area contributed by atoms with Crippen molar-refractivity contribution in [3.05, 3.63) is 64.9 Å². The Bertz CT molecular complexity index is 997. The topological polar surface area (TPSA) is 63.9 Å². The molecule has 0 fully saturated rings. The zero-order chi connectivity index (χ0) is 18.3. The van der Waals surface area contributed by atoms with Crippen LogP contribution in [-0.2, 0) is 20.0 Å². The van der Waals surface area contributed by atoms with Gasteiger partial charge in [-0.15, -0.1) is 10.2 Å². The second-order valence-corrected chi connectivity index (χ2v) is 6.50. The maximum atomic E-state index is 13.6. The van der Waals surface area contributed by atoms with Crippen molar-refractivity contribution in [3.8, 4) is 11.5 Å². The van der Waals surface area contributed by atoms with Gasteiger partial charge in [0.1, 0.15) is 17.8 Å². The molecule has 3 aromatic rings. The van der Waals surface area contributed by atoms with Gasteiger partial charge in [0, 0.05) is 26.3 Å². The standard InChI is InChI=1S/C19H18FN5O/c1-12-8-14(20)9-13-5-7-25(10-16(12)13)19(26)15-4-3-6-21-17(15)18-23-22-11-24(18)2/h3-4,6,8-9,11H,5,7,10H2,1-2H3. The normalized spacial score (nSPS) is 13.6. The first-order chi connectivity index (χ1) is 12.5. The van der Waals surface area contributed by atoms with Gasteiger partial charge in [-0.25, -0.2) is 4.39 Å². The summed E-state index contributed by atoms with van der Waals surface area (Å²) in [5.41, 5.74) is 3.88. The summed E-state index contributed by atoms with van der Waals surface area (Å²) in [6.07, 6.45) is 3.85. The van der Waals surface area contributed by atoms with E-state index in [0.717, 1.165) is 16.7 Å². The number of pyridine rings is 1. The number of carbonyl (C=O) groups is 1. The Morgan fingerprint density at radius 3 is 2.92 bits per heavy atom. The second-order valence-electron chi connectivity index (χ2n) is 6.50. The number of fused-ring (bicyclic) bond motifs is 1. The lowest BCUT2D eigenvalue weighted by Gasteiger charge is -2.30. The summed E-state index contributed by atoms with van der Waals surface area (Å²) in [5, 5.41) is 7.95. The SMILES string of the molecule is Cc1cc(F)cc2c1CN(C(=O)c1cccnc1-c1nncn1C)CC2. The van der Waals surface area contributed by atoms with E-state index in [1.54, 1.807) is 40.2 Å². The van der Waals surface area contributed by atoms with Gasteiger partial charge in [0.15, 0.2) is 5.82 Å². The molecular formula is C19H18FN5O. The number of aryl methyl sites for hydroxylation is 2. The van der Waals surface area contributed by atoms with E-state index in [4.69, 9.17) is 0 Å². The van der Waals surface area contributed by atoms with Crippen molar-refractivity contribution in [1.82, 2.24) is 24.6 Å². The highest BCUT2D eigenvalue weighted by molar-refractivity contribution is 5.99. The number of hydrogen-bond acceptors (Lipinski definition) is 4. The molecule has 0 spiro atoms. The Kier molecular flexibility index (Phi) is 3.99. The Balaban J connectivity index is 1.69. The quantitative estimate of drug-likeness (QED) is 0.712. The third-order valence-corrected chi connectivity index (χ3v) is 4.78. The maximum Gasteiger partial charge on any atom is 0.256 e. The van der Waals surface area contributed by atoms with Crippen LogP contribution < -0.4 is 0 Å². The van der Waals surface area contributed by atoms with Crippen LogP contribution in [0.3, 0.4) is 0 Å². The number of hydrogen-bond donors (Lipinski definition) is 0. The van der Waals surface area contributed by atoms with Gasteiger partial charge in [0.05, 0.1) is 5.56 Å². The van der Waals surface area contributed by atoms with Crippen LogP contribution in [0, 0.1) is 12.7 Å². The van der Waals surface area contributed by atoms with Crippen LogP contribution in [0.4, 0.5) is 4.39 Å². The molecule has 1 aromatic carbocycles. The molecule has 0 radical (unpaired) electrons. The van der Waals surface area contributed by atoms with Crippen molar-refractivity contribution in [2.75, 3.05) is 6.54 Å². The van der Waals surface area contributed by atoms with Gasteiger partial charge in [0.25, 0.3) is 5.91 Å². The highest BCUT2D eigenvalue weighted by Gasteiger charge is 2.26. The molecule has 0 atom stereocenters. The van der Waals surface area contributed by atoms with E-state index in [9.17, 15) is 9.18 Å². The highest BCUT2D eigenvalue weighted by Crippen LogP contribution is 2.26. The minimum Gasteiger partial charge on any atom is -0.334 e. The molecule has 0 unspecified atom stereocenters. The predicted octanol–water partition coefficient (Wildman–Crippen LogP) is 2.52. The molecule has 0 N–H and O–H groups in total. The number of carbonyl (C=O) groups excluding carboxylic acids is 1. The van der Waals surface area contributed by atoms with Crippen LogP contribution in [0.15, 0.2) is 36.8 Å². The zero-order valence-electron chi connectivity index (χ0n) is 14.6. The lowest BCUT2D eigenvalue weighted by Crippen LogP contribution is -2.36. The fourth-order valence-electron chi connectivity index (χ4n) is 3.41. The van der Waals surface area contributed by atoms with Crippen LogP contribution in [0.25, 0.3) is 11.5 Å². The van der Waals surface area contributed by atoms with Crippen molar-refractivity contribution in [1.29, 1.82) is 0 Å². The first-order valence-corrected chi connectivity index (χ1v) is 8.41. The second kappa shape index (κ2) is 6.33. The Labute approximate surface area is 150 Å². The minimum absolute atomic E-state index is 0.106. The van der Waals surface area contributed by atoms with Gasteiger partial charge in [-0.05, 0) is 54.3 Å². The molecule has 0 saturated heterocycles. The molecule has 132 valence electrons. The third kappa shape index (κ3) is 2.75. The highest BCUT2D eigenvalue weighted by atomic mass is 19.1. The van der Waals surface area contributed by atoms with Crippen LogP contribution in [0.5, 0.6) is 0 Å². The van der Waals surface area contributed by atoms with E-state index in [1.165, 1.54) is 6.07 Å². The average molecular weight is 351 g/mol. The molecule has 1 aliphatic rings. The minimum atomic E-state index is -0.224. The summed E-state index contributed by atoms with van der Waals surface area (Å²) >= 11 is 0. The van der Waals surface area contributed by atoms with E-state index in [2.05, 4.69) is 15.2 Å². The lowest BCUT2D eigenvalue weighted by molar-refractivity contribution is 0.0734. The molecule has 0 saturated carbocycles. The summed E-state index contributed by atoms with van der Waals surface area (Å²) in [7, 11) is 1.81. The van der Waals surface area contributed by atoms with Crippen molar-refractivity contribution in [3.63, 3.8) is 0 Å². The van der Waals surface area contributed by atoms with Gasteiger partial charge in [0.2, 0.25) is 0 Å². The zero-order valence-corrected chi connectivity index (χ0v) is 14.6. The first kappa shape index (κ1) is 16.4.